The first kappa shape index (κ1) is 18.6. The molecule has 4 aromatic rings. The minimum atomic E-state index is -0.350. The molecule has 0 aliphatic carbocycles. The highest BCUT2D eigenvalue weighted by molar-refractivity contribution is 9.11. The summed E-state index contributed by atoms with van der Waals surface area (Å²) in [4.78, 5) is 5.74. The molecule has 1 aliphatic heterocycles. The van der Waals surface area contributed by atoms with Crippen molar-refractivity contribution in [1.29, 1.82) is 0 Å². The van der Waals surface area contributed by atoms with Gasteiger partial charge >= 0.3 is 0 Å². The van der Waals surface area contributed by atoms with E-state index in [9.17, 15) is 0 Å². The molecule has 0 radical (unpaired) electrons. The van der Waals surface area contributed by atoms with Crippen molar-refractivity contribution in [1.82, 2.24) is 15.2 Å². The molecule has 2 aromatic heterocycles. The number of thioether (sulfide) groups is 1. The smallest absolute Gasteiger partial charge is 0.247 e. The van der Waals surface area contributed by atoms with Gasteiger partial charge in [0.15, 0.2) is 5.69 Å². The third-order valence-electron chi connectivity index (χ3n) is 4.40. The highest BCUT2D eigenvalue weighted by atomic mass is 79.9. The van der Waals surface area contributed by atoms with Crippen molar-refractivity contribution >= 4 is 44.7 Å². The van der Waals surface area contributed by atoms with Gasteiger partial charge in [-0.1, -0.05) is 60.3 Å². The summed E-state index contributed by atoms with van der Waals surface area (Å²) in [5.74, 6) is 1.26. The molecular formula is C21H15BrN4OS2. The number of ether oxygens (including phenoxy) is 1. The van der Waals surface area contributed by atoms with Crippen LogP contribution in [0.4, 0.5) is 5.69 Å². The van der Waals surface area contributed by atoms with Crippen LogP contribution in [0.5, 0.6) is 5.88 Å². The number of thiophene rings is 1. The van der Waals surface area contributed by atoms with E-state index in [4.69, 9.17) is 4.74 Å². The SMILES string of the molecule is Brc1ccc([C@H]2Nc3ccccc3-c3nnc(SCc4ccccc4)nc3O2)s1. The average Bonchev–Trinajstić information content (AvgIpc) is 3.12. The molecule has 3 heterocycles. The van der Waals surface area contributed by atoms with E-state index in [2.05, 4.69) is 48.6 Å². The summed E-state index contributed by atoms with van der Waals surface area (Å²) in [6, 6.07) is 22.3. The van der Waals surface area contributed by atoms with Crippen molar-refractivity contribution in [3.63, 3.8) is 0 Å². The van der Waals surface area contributed by atoms with Crippen molar-refractivity contribution < 1.29 is 4.74 Å². The molecule has 8 heteroatoms. The number of anilines is 1. The Morgan fingerprint density at radius 2 is 1.83 bits per heavy atom. The van der Waals surface area contributed by atoms with Crippen molar-refractivity contribution in [2.24, 2.45) is 0 Å². The normalized spacial score (nSPS) is 14.9. The van der Waals surface area contributed by atoms with Crippen LogP contribution in [0.15, 0.2) is 75.7 Å². The van der Waals surface area contributed by atoms with Gasteiger partial charge in [0.2, 0.25) is 17.3 Å². The molecule has 0 saturated heterocycles. The van der Waals surface area contributed by atoms with Gasteiger partial charge in [-0.15, -0.1) is 21.5 Å². The van der Waals surface area contributed by atoms with Crippen LogP contribution in [0, 0.1) is 0 Å². The van der Waals surface area contributed by atoms with Gasteiger partial charge in [0.05, 0.1) is 8.66 Å². The fourth-order valence-electron chi connectivity index (χ4n) is 3.03. The Labute approximate surface area is 184 Å². The highest BCUT2D eigenvalue weighted by Gasteiger charge is 2.26. The van der Waals surface area contributed by atoms with Crippen LogP contribution < -0.4 is 10.1 Å². The zero-order chi connectivity index (χ0) is 19.6. The predicted molar refractivity (Wildman–Crippen MR) is 120 cm³/mol. The van der Waals surface area contributed by atoms with Gasteiger partial charge in [0.1, 0.15) is 0 Å². The molecule has 0 saturated carbocycles. The molecule has 29 heavy (non-hydrogen) atoms. The van der Waals surface area contributed by atoms with E-state index in [1.165, 1.54) is 5.56 Å². The molecule has 1 N–H and O–H groups in total. The van der Waals surface area contributed by atoms with E-state index in [-0.39, 0.29) is 6.23 Å². The lowest BCUT2D eigenvalue weighted by molar-refractivity contribution is 0.229. The second-order valence-electron chi connectivity index (χ2n) is 6.35. The number of rotatable bonds is 4. The predicted octanol–water partition coefficient (Wildman–Crippen LogP) is 6.16. The number of hydrogen-bond donors (Lipinski definition) is 1. The summed E-state index contributed by atoms with van der Waals surface area (Å²) in [5, 5.41) is 12.9. The maximum atomic E-state index is 6.28. The number of benzene rings is 2. The Morgan fingerprint density at radius 3 is 2.66 bits per heavy atom. The number of fused-ring (bicyclic) bond motifs is 3. The van der Waals surface area contributed by atoms with E-state index < -0.39 is 0 Å². The van der Waals surface area contributed by atoms with Gasteiger partial charge in [-0.3, -0.25) is 0 Å². The third-order valence-corrected chi connectivity index (χ3v) is 6.97. The molecule has 5 rings (SSSR count). The molecule has 1 aliphatic rings. The summed E-state index contributed by atoms with van der Waals surface area (Å²) >= 11 is 6.70. The van der Waals surface area contributed by atoms with Crippen LogP contribution in [0.25, 0.3) is 11.3 Å². The fraction of sp³-hybridized carbons (Fsp3) is 0.0952. The first-order valence-corrected chi connectivity index (χ1v) is 11.5. The molecule has 0 unspecified atom stereocenters. The molecule has 0 bridgehead atoms. The first-order chi connectivity index (χ1) is 14.3. The Hall–Kier alpha value is -2.42. The molecule has 0 fully saturated rings. The van der Waals surface area contributed by atoms with Crippen LogP contribution >= 0.6 is 39.0 Å². The van der Waals surface area contributed by atoms with E-state index in [0.29, 0.717) is 16.7 Å². The quantitative estimate of drug-likeness (QED) is 0.351. The van der Waals surface area contributed by atoms with E-state index >= 15 is 0 Å². The van der Waals surface area contributed by atoms with Crippen molar-refractivity contribution in [3.05, 3.63) is 81.0 Å². The van der Waals surface area contributed by atoms with Gasteiger partial charge in [-0.25, -0.2) is 0 Å². The van der Waals surface area contributed by atoms with Crippen molar-refractivity contribution in [3.8, 4) is 17.1 Å². The van der Waals surface area contributed by atoms with Gasteiger partial charge in [-0.05, 0) is 39.7 Å². The topological polar surface area (TPSA) is 59.9 Å². The van der Waals surface area contributed by atoms with Crippen LogP contribution in [-0.4, -0.2) is 15.2 Å². The van der Waals surface area contributed by atoms with Crippen LogP contribution in [0.2, 0.25) is 0 Å². The Balaban J connectivity index is 1.50. The molecular weight excluding hydrogens is 468 g/mol. The second kappa shape index (κ2) is 8.14. The molecule has 5 nitrogen and oxygen atoms in total. The van der Waals surface area contributed by atoms with Gasteiger partial charge in [-0.2, -0.15) is 4.98 Å². The maximum Gasteiger partial charge on any atom is 0.247 e. The lowest BCUT2D eigenvalue weighted by Crippen LogP contribution is -2.15. The lowest BCUT2D eigenvalue weighted by Gasteiger charge is -2.17. The van der Waals surface area contributed by atoms with E-state index in [0.717, 1.165) is 25.7 Å². The standard InChI is InChI=1S/C21H15BrN4OS2/c22-17-11-10-16(29-17)19-23-15-9-5-4-8-14(15)18-20(27-19)24-21(26-25-18)28-12-13-6-2-1-3-7-13/h1-11,19,23H,12H2/t19-/m0/s1. The summed E-state index contributed by atoms with van der Waals surface area (Å²) in [6.45, 7) is 0. The molecule has 0 spiro atoms. The largest absolute Gasteiger partial charge is 0.447 e. The zero-order valence-corrected chi connectivity index (χ0v) is 18.3. The monoisotopic (exact) mass is 482 g/mol. The fourth-order valence-corrected chi connectivity index (χ4v) is 5.17. The molecule has 0 amide bonds. The van der Waals surface area contributed by atoms with E-state index in [1.807, 2.05) is 54.6 Å². The Bertz CT molecular complexity index is 1150. The van der Waals surface area contributed by atoms with Gasteiger partial charge in [0, 0.05) is 17.0 Å². The number of nitrogens with zero attached hydrogens (tertiary/aromatic N) is 3. The number of aromatic nitrogens is 3. The molecule has 2 aromatic carbocycles. The molecule has 1 atom stereocenters. The number of nitrogens with one attached hydrogen (secondary N) is 1. The highest BCUT2D eigenvalue weighted by Crippen LogP contribution is 2.41. The average molecular weight is 483 g/mol. The summed E-state index contributed by atoms with van der Waals surface area (Å²) < 4.78 is 7.33. The Kier molecular flexibility index (Phi) is 5.22. The summed E-state index contributed by atoms with van der Waals surface area (Å²) in [7, 11) is 0. The van der Waals surface area contributed by atoms with Crippen molar-refractivity contribution in [2.45, 2.75) is 17.1 Å². The second-order valence-corrected chi connectivity index (χ2v) is 9.79. The first-order valence-electron chi connectivity index (χ1n) is 8.95. The maximum absolute atomic E-state index is 6.28. The molecule has 144 valence electrons. The summed E-state index contributed by atoms with van der Waals surface area (Å²) in [5.41, 5.74) is 3.74. The van der Waals surface area contributed by atoms with Gasteiger partial charge < -0.3 is 10.1 Å². The van der Waals surface area contributed by atoms with Crippen molar-refractivity contribution in [2.75, 3.05) is 5.32 Å². The lowest BCUT2D eigenvalue weighted by atomic mass is 10.1. The van der Waals surface area contributed by atoms with Crippen LogP contribution in [0.3, 0.4) is 0 Å². The number of hydrogen-bond acceptors (Lipinski definition) is 7. The third kappa shape index (κ3) is 4.01. The van der Waals surface area contributed by atoms with Crippen LogP contribution in [-0.2, 0) is 5.75 Å². The number of halogens is 1. The minimum Gasteiger partial charge on any atom is -0.447 e. The van der Waals surface area contributed by atoms with Crippen LogP contribution in [0.1, 0.15) is 16.7 Å². The number of para-hydroxylation sites is 1. The zero-order valence-electron chi connectivity index (χ0n) is 15.1. The van der Waals surface area contributed by atoms with E-state index in [1.54, 1.807) is 23.1 Å². The Morgan fingerprint density at radius 1 is 1.00 bits per heavy atom. The summed E-state index contributed by atoms with van der Waals surface area (Å²) in [6.07, 6.45) is -0.350. The van der Waals surface area contributed by atoms with Gasteiger partial charge in [0.25, 0.3) is 0 Å². The minimum absolute atomic E-state index is 0.350.